The average Bonchev–Trinajstić information content (AvgIpc) is 2.17. The van der Waals surface area contributed by atoms with Crippen molar-refractivity contribution in [1.29, 1.82) is 0 Å². The van der Waals surface area contributed by atoms with Gasteiger partial charge in [-0.2, -0.15) is 0 Å². The highest BCUT2D eigenvalue weighted by molar-refractivity contribution is 4.91. The summed E-state index contributed by atoms with van der Waals surface area (Å²) in [6.07, 6.45) is 6.17. The summed E-state index contributed by atoms with van der Waals surface area (Å²) in [6, 6.07) is 0. The fourth-order valence-corrected chi connectivity index (χ4v) is 2.48. The van der Waals surface area contributed by atoms with Crippen LogP contribution in [0.2, 0.25) is 0 Å². The lowest BCUT2D eigenvalue weighted by atomic mass is 9.71. The lowest BCUT2D eigenvalue weighted by molar-refractivity contribution is -0.0625. The molecule has 1 aliphatic carbocycles. The van der Waals surface area contributed by atoms with Crippen molar-refractivity contribution >= 4 is 0 Å². The lowest BCUT2D eigenvalue weighted by Gasteiger charge is -2.40. The van der Waals surface area contributed by atoms with Gasteiger partial charge < -0.3 is 10.8 Å². The molecule has 78 valence electrons. The van der Waals surface area contributed by atoms with Gasteiger partial charge >= 0.3 is 0 Å². The van der Waals surface area contributed by atoms with Gasteiger partial charge in [-0.25, -0.2) is 0 Å². The normalized spacial score (nSPS) is 24.7. The molecule has 3 N–H and O–H groups in total. The molecule has 0 aliphatic heterocycles. The van der Waals surface area contributed by atoms with E-state index in [0.29, 0.717) is 12.5 Å². The molecule has 0 aromatic heterocycles. The van der Waals surface area contributed by atoms with E-state index in [9.17, 15) is 5.11 Å². The molecule has 1 saturated carbocycles. The van der Waals surface area contributed by atoms with E-state index in [1.54, 1.807) is 0 Å². The number of aliphatic hydroxyl groups is 1. The van der Waals surface area contributed by atoms with Crippen LogP contribution in [0, 0.1) is 11.8 Å². The van der Waals surface area contributed by atoms with Gasteiger partial charge in [0.25, 0.3) is 0 Å². The van der Waals surface area contributed by atoms with E-state index in [1.165, 1.54) is 19.3 Å². The summed E-state index contributed by atoms with van der Waals surface area (Å²) in [5, 5.41) is 10.4. The molecule has 1 rings (SSSR count). The fraction of sp³-hybridized carbons (Fsp3) is 1.00. The first-order chi connectivity index (χ1) is 6.11. The third-order valence-corrected chi connectivity index (χ3v) is 3.64. The topological polar surface area (TPSA) is 46.2 Å². The minimum atomic E-state index is -0.611. The van der Waals surface area contributed by atoms with Crippen molar-refractivity contribution in [3.8, 4) is 0 Å². The summed E-state index contributed by atoms with van der Waals surface area (Å²) in [5.41, 5.74) is 5.08. The predicted octanol–water partition coefficient (Wildman–Crippen LogP) is 1.91. The van der Waals surface area contributed by atoms with Crippen LogP contribution in [0.1, 0.15) is 46.0 Å². The zero-order valence-corrected chi connectivity index (χ0v) is 8.92. The van der Waals surface area contributed by atoms with Crippen molar-refractivity contribution in [2.45, 2.75) is 51.6 Å². The van der Waals surface area contributed by atoms with Crippen molar-refractivity contribution < 1.29 is 5.11 Å². The molecule has 2 heteroatoms. The maximum atomic E-state index is 10.4. The molecule has 0 radical (unpaired) electrons. The van der Waals surface area contributed by atoms with Gasteiger partial charge in [-0.1, -0.05) is 33.1 Å². The quantitative estimate of drug-likeness (QED) is 0.705. The summed E-state index contributed by atoms with van der Waals surface area (Å²) >= 11 is 0. The van der Waals surface area contributed by atoms with Gasteiger partial charge in [0.2, 0.25) is 0 Å². The molecule has 0 amide bonds. The molecule has 1 atom stereocenters. The molecule has 13 heavy (non-hydrogen) atoms. The highest BCUT2D eigenvalue weighted by Gasteiger charge is 2.38. The van der Waals surface area contributed by atoms with E-state index in [4.69, 9.17) is 5.73 Å². The number of rotatable bonds is 3. The van der Waals surface area contributed by atoms with Gasteiger partial charge in [0.15, 0.2) is 0 Å². The minimum Gasteiger partial charge on any atom is -0.388 e. The third kappa shape index (κ3) is 2.23. The largest absolute Gasteiger partial charge is 0.388 e. The molecule has 0 aromatic rings. The van der Waals surface area contributed by atoms with Crippen molar-refractivity contribution in [1.82, 2.24) is 0 Å². The fourth-order valence-electron chi connectivity index (χ4n) is 2.48. The van der Waals surface area contributed by atoms with E-state index in [0.717, 1.165) is 12.8 Å². The van der Waals surface area contributed by atoms with Gasteiger partial charge in [-0.15, -0.1) is 0 Å². The second-order valence-electron chi connectivity index (χ2n) is 4.68. The van der Waals surface area contributed by atoms with Crippen LogP contribution in [0.3, 0.4) is 0 Å². The van der Waals surface area contributed by atoms with Crippen molar-refractivity contribution in [3.05, 3.63) is 0 Å². The maximum absolute atomic E-state index is 10.4. The second-order valence-corrected chi connectivity index (χ2v) is 4.68. The monoisotopic (exact) mass is 185 g/mol. The molecule has 0 heterocycles. The summed E-state index contributed by atoms with van der Waals surface area (Å²) < 4.78 is 0. The Morgan fingerprint density at radius 2 is 1.85 bits per heavy atom. The van der Waals surface area contributed by atoms with Crippen LogP contribution >= 0.6 is 0 Å². The molecule has 1 unspecified atom stereocenters. The van der Waals surface area contributed by atoms with Gasteiger partial charge in [-0.05, 0) is 24.7 Å². The SMILES string of the molecule is CC(C)C(O)(CN)C1CCCCC1. The first kappa shape index (κ1) is 11.0. The Morgan fingerprint density at radius 3 is 2.23 bits per heavy atom. The Labute approximate surface area is 81.5 Å². The molecular formula is C11H23NO. The average molecular weight is 185 g/mol. The minimum absolute atomic E-state index is 0.278. The van der Waals surface area contributed by atoms with Gasteiger partial charge in [0.1, 0.15) is 0 Å². The number of nitrogens with two attached hydrogens (primary N) is 1. The van der Waals surface area contributed by atoms with E-state index >= 15 is 0 Å². The van der Waals surface area contributed by atoms with Crippen LogP contribution < -0.4 is 5.73 Å². The molecule has 0 aromatic carbocycles. The lowest BCUT2D eigenvalue weighted by Crippen LogP contribution is -2.50. The molecule has 1 aliphatic rings. The van der Waals surface area contributed by atoms with Gasteiger partial charge in [0.05, 0.1) is 5.60 Å². The zero-order valence-electron chi connectivity index (χ0n) is 8.92. The highest BCUT2D eigenvalue weighted by atomic mass is 16.3. The van der Waals surface area contributed by atoms with Crippen LogP contribution in [0.4, 0.5) is 0 Å². The Balaban J connectivity index is 2.62. The highest BCUT2D eigenvalue weighted by Crippen LogP contribution is 2.36. The molecule has 0 spiro atoms. The second kappa shape index (κ2) is 4.43. The summed E-state index contributed by atoms with van der Waals surface area (Å²) in [6.45, 7) is 4.55. The van der Waals surface area contributed by atoms with Crippen LogP contribution in [0.15, 0.2) is 0 Å². The summed E-state index contributed by atoms with van der Waals surface area (Å²) in [5.74, 6) is 0.715. The Bertz CT molecular complexity index is 152. The summed E-state index contributed by atoms with van der Waals surface area (Å²) in [4.78, 5) is 0. The van der Waals surface area contributed by atoms with Crippen LogP contribution in [-0.2, 0) is 0 Å². The van der Waals surface area contributed by atoms with E-state index in [-0.39, 0.29) is 5.92 Å². The van der Waals surface area contributed by atoms with Crippen LogP contribution in [0.25, 0.3) is 0 Å². The standard InChI is InChI=1S/C11H23NO/c1-9(2)11(13,8-12)10-6-4-3-5-7-10/h9-10,13H,3-8,12H2,1-2H3. The Hall–Kier alpha value is -0.0800. The van der Waals surface area contributed by atoms with Gasteiger partial charge in [0, 0.05) is 6.54 Å². The molecule has 2 nitrogen and oxygen atoms in total. The maximum Gasteiger partial charge on any atom is 0.0820 e. The first-order valence-corrected chi connectivity index (χ1v) is 5.53. The Kier molecular flexibility index (Phi) is 3.74. The number of hydrogen-bond acceptors (Lipinski definition) is 2. The van der Waals surface area contributed by atoms with E-state index in [2.05, 4.69) is 13.8 Å². The first-order valence-electron chi connectivity index (χ1n) is 5.53. The molecule has 0 saturated heterocycles. The third-order valence-electron chi connectivity index (χ3n) is 3.64. The van der Waals surface area contributed by atoms with Crippen LogP contribution in [-0.4, -0.2) is 17.3 Å². The smallest absolute Gasteiger partial charge is 0.0820 e. The van der Waals surface area contributed by atoms with Crippen molar-refractivity contribution in [3.63, 3.8) is 0 Å². The van der Waals surface area contributed by atoms with Crippen molar-refractivity contribution in [2.24, 2.45) is 17.6 Å². The molecule has 0 bridgehead atoms. The number of hydrogen-bond donors (Lipinski definition) is 2. The molecular weight excluding hydrogens is 162 g/mol. The van der Waals surface area contributed by atoms with E-state index < -0.39 is 5.60 Å². The van der Waals surface area contributed by atoms with Crippen molar-refractivity contribution in [2.75, 3.05) is 6.54 Å². The van der Waals surface area contributed by atoms with Crippen LogP contribution in [0.5, 0.6) is 0 Å². The summed E-state index contributed by atoms with van der Waals surface area (Å²) in [7, 11) is 0. The van der Waals surface area contributed by atoms with E-state index in [1.807, 2.05) is 0 Å². The van der Waals surface area contributed by atoms with Gasteiger partial charge in [-0.3, -0.25) is 0 Å². The Morgan fingerprint density at radius 1 is 1.31 bits per heavy atom. The predicted molar refractivity (Wildman–Crippen MR) is 55.4 cm³/mol. The molecule has 1 fully saturated rings. The zero-order chi connectivity index (χ0) is 9.90.